The van der Waals surface area contributed by atoms with Gasteiger partial charge in [0.2, 0.25) is 0 Å². The summed E-state index contributed by atoms with van der Waals surface area (Å²) in [5, 5.41) is 9.63. The van der Waals surface area contributed by atoms with Gasteiger partial charge >= 0.3 is 0 Å². The molecule has 0 saturated carbocycles. The van der Waals surface area contributed by atoms with Crippen molar-refractivity contribution in [2.75, 3.05) is 0 Å². The molecule has 0 radical (unpaired) electrons. The predicted molar refractivity (Wildman–Crippen MR) is 104 cm³/mol. The molecule has 1 heterocycles. The first kappa shape index (κ1) is 17.0. The van der Waals surface area contributed by atoms with Crippen LogP contribution in [0.4, 0.5) is 4.79 Å². The number of imide groups is 1. The molecule has 1 fully saturated rings. The van der Waals surface area contributed by atoms with Gasteiger partial charge in [0, 0.05) is 9.13 Å². The quantitative estimate of drug-likeness (QED) is 0.550. The van der Waals surface area contributed by atoms with Gasteiger partial charge in [-0.1, -0.05) is 24.3 Å². The van der Waals surface area contributed by atoms with Crippen LogP contribution in [0.15, 0.2) is 47.4 Å². The second-order valence-electron chi connectivity index (χ2n) is 5.40. The van der Waals surface area contributed by atoms with Gasteiger partial charge in [-0.3, -0.25) is 14.5 Å². The fraction of sp³-hybridized carbons (Fsp3) is 0.111. The van der Waals surface area contributed by atoms with Crippen LogP contribution in [0.25, 0.3) is 6.08 Å². The number of nitrogens with zero attached hydrogens (tertiary/aromatic N) is 1. The lowest BCUT2D eigenvalue weighted by Gasteiger charge is -2.14. The van der Waals surface area contributed by atoms with Crippen molar-refractivity contribution in [3.63, 3.8) is 0 Å². The van der Waals surface area contributed by atoms with Crippen molar-refractivity contribution in [2.24, 2.45) is 0 Å². The molecule has 122 valence electrons. The molecule has 0 atom stereocenters. The number of phenols is 1. The molecule has 0 unspecified atom stereocenters. The Hall–Kier alpha value is -1.80. The number of rotatable bonds is 3. The van der Waals surface area contributed by atoms with Crippen LogP contribution in [-0.2, 0) is 11.3 Å². The molecule has 1 aliphatic rings. The lowest BCUT2D eigenvalue weighted by molar-refractivity contribution is -0.123. The first-order chi connectivity index (χ1) is 11.5. The highest BCUT2D eigenvalue weighted by atomic mass is 127. The third-order valence-corrected chi connectivity index (χ3v) is 5.32. The van der Waals surface area contributed by atoms with Crippen LogP contribution in [0.1, 0.15) is 16.7 Å². The van der Waals surface area contributed by atoms with Crippen LogP contribution in [0, 0.1) is 10.5 Å². The number of hydrogen-bond donors (Lipinski definition) is 1. The predicted octanol–water partition coefficient (Wildman–Crippen LogP) is 4.54. The fourth-order valence-corrected chi connectivity index (χ4v) is 3.72. The number of hydrogen-bond acceptors (Lipinski definition) is 4. The molecule has 3 rings (SSSR count). The van der Waals surface area contributed by atoms with E-state index in [1.807, 2.05) is 31.2 Å². The highest BCUT2D eigenvalue weighted by Crippen LogP contribution is 2.35. The number of aromatic hydroxyl groups is 1. The monoisotopic (exact) mass is 451 g/mol. The summed E-state index contributed by atoms with van der Waals surface area (Å²) in [5.41, 5.74) is 2.51. The number of phenolic OH excluding ortho intramolecular Hbond substituents is 1. The molecular formula is C18H14INO3S. The number of carbonyl (C=O) groups is 2. The van der Waals surface area contributed by atoms with Crippen molar-refractivity contribution >= 4 is 51.6 Å². The first-order valence-electron chi connectivity index (χ1n) is 7.24. The van der Waals surface area contributed by atoms with Gasteiger partial charge in [-0.05, 0) is 76.7 Å². The van der Waals surface area contributed by atoms with Gasteiger partial charge in [-0.25, -0.2) is 0 Å². The van der Waals surface area contributed by atoms with Gasteiger partial charge in [0.1, 0.15) is 5.75 Å². The Morgan fingerprint density at radius 2 is 1.96 bits per heavy atom. The third-order valence-electron chi connectivity index (χ3n) is 3.74. The maximum absolute atomic E-state index is 12.6. The molecule has 2 amide bonds. The molecule has 24 heavy (non-hydrogen) atoms. The number of aryl methyl sites for hydroxylation is 1. The van der Waals surface area contributed by atoms with Crippen molar-refractivity contribution in [3.8, 4) is 5.75 Å². The van der Waals surface area contributed by atoms with Gasteiger partial charge in [0.25, 0.3) is 11.1 Å². The largest absolute Gasteiger partial charge is 0.507 e. The minimum Gasteiger partial charge on any atom is -0.507 e. The van der Waals surface area contributed by atoms with Crippen LogP contribution < -0.4 is 0 Å². The normalized spacial score (nSPS) is 16.2. The molecule has 2 aromatic carbocycles. The van der Waals surface area contributed by atoms with E-state index in [1.54, 1.807) is 24.3 Å². The Morgan fingerprint density at radius 3 is 2.71 bits per heavy atom. The molecule has 0 bridgehead atoms. The Bertz CT molecular complexity index is 863. The van der Waals surface area contributed by atoms with Crippen molar-refractivity contribution in [1.82, 2.24) is 4.90 Å². The molecule has 2 aromatic rings. The van der Waals surface area contributed by atoms with E-state index in [4.69, 9.17) is 0 Å². The number of benzene rings is 2. The third kappa shape index (κ3) is 3.49. The molecule has 1 aliphatic heterocycles. The number of thioether (sulfide) groups is 1. The average Bonchev–Trinajstić information content (AvgIpc) is 2.80. The van der Waals surface area contributed by atoms with Crippen molar-refractivity contribution in [3.05, 3.63) is 67.6 Å². The summed E-state index contributed by atoms with van der Waals surface area (Å²) in [5.74, 6) is -0.243. The summed E-state index contributed by atoms with van der Waals surface area (Å²) in [4.78, 5) is 26.3. The van der Waals surface area contributed by atoms with E-state index in [9.17, 15) is 14.7 Å². The van der Waals surface area contributed by atoms with E-state index in [0.717, 1.165) is 26.5 Å². The maximum Gasteiger partial charge on any atom is 0.293 e. The van der Waals surface area contributed by atoms with Crippen LogP contribution >= 0.6 is 34.4 Å². The smallest absolute Gasteiger partial charge is 0.293 e. The summed E-state index contributed by atoms with van der Waals surface area (Å²) in [6, 6.07) is 12.8. The summed E-state index contributed by atoms with van der Waals surface area (Å²) in [7, 11) is 0. The molecule has 1 saturated heterocycles. The minimum absolute atomic E-state index is 0.0844. The standard InChI is InChI=1S/C18H14INO3S/c1-11-4-2-3-5-12(11)10-20-17(22)16(24-18(20)23)9-13-8-14(19)6-7-15(13)21/h2-9,21H,10H2,1H3/b16-9-. The fourth-order valence-electron chi connectivity index (χ4n) is 2.38. The van der Waals surface area contributed by atoms with Gasteiger partial charge < -0.3 is 5.11 Å². The zero-order chi connectivity index (χ0) is 17.3. The molecule has 4 nitrogen and oxygen atoms in total. The maximum atomic E-state index is 12.6. The van der Waals surface area contributed by atoms with Crippen LogP contribution in [0.2, 0.25) is 0 Å². The topological polar surface area (TPSA) is 57.6 Å². The highest BCUT2D eigenvalue weighted by Gasteiger charge is 2.35. The lowest BCUT2D eigenvalue weighted by Crippen LogP contribution is -2.27. The molecule has 1 N–H and O–H groups in total. The van der Waals surface area contributed by atoms with E-state index >= 15 is 0 Å². The van der Waals surface area contributed by atoms with E-state index in [2.05, 4.69) is 22.6 Å². The molecule has 6 heteroatoms. The number of halogens is 1. The average molecular weight is 451 g/mol. The summed E-state index contributed by atoms with van der Waals surface area (Å²) >= 11 is 3.03. The first-order valence-corrected chi connectivity index (χ1v) is 9.13. The second-order valence-corrected chi connectivity index (χ2v) is 7.64. The number of amides is 2. The van der Waals surface area contributed by atoms with Crippen molar-refractivity contribution < 1.29 is 14.7 Å². The van der Waals surface area contributed by atoms with E-state index in [0.29, 0.717) is 10.5 Å². The van der Waals surface area contributed by atoms with E-state index < -0.39 is 0 Å². The zero-order valence-electron chi connectivity index (χ0n) is 12.8. The van der Waals surface area contributed by atoms with Crippen LogP contribution in [-0.4, -0.2) is 21.2 Å². The van der Waals surface area contributed by atoms with Gasteiger partial charge in [0.05, 0.1) is 11.4 Å². The SMILES string of the molecule is Cc1ccccc1CN1C(=O)S/C(=C\c2cc(I)ccc2O)C1=O. The molecule has 0 aromatic heterocycles. The lowest BCUT2D eigenvalue weighted by atomic mass is 10.1. The van der Waals surface area contributed by atoms with E-state index in [-0.39, 0.29) is 23.4 Å². The molecular weight excluding hydrogens is 437 g/mol. The van der Waals surface area contributed by atoms with Crippen LogP contribution in [0.3, 0.4) is 0 Å². The van der Waals surface area contributed by atoms with Gasteiger partial charge in [0.15, 0.2) is 0 Å². The Balaban J connectivity index is 1.88. The Labute approximate surface area is 157 Å². The summed E-state index contributed by atoms with van der Waals surface area (Å²) in [6.45, 7) is 2.21. The zero-order valence-corrected chi connectivity index (χ0v) is 15.8. The molecule has 0 aliphatic carbocycles. The Kier molecular flexibility index (Phi) is 4.96. The summed E-state index contributed by atoms with van der Waals surface area (Å²) < 4.78 is 0.941. The van der Waals surface area contributed by atoms with Crippen molar-refractivity contribution in [1.29, 1.82) is 0 Å². The van der Waals surface area contributed by atoms with E-state index in [1.165, 1.54) is 4.90 Å². The van der Waals surface area contributed by atoms with Gasteiger partial charge in [-0.2, -0.15) is 0 Å². The van der Waals surface area contributed by atoms with Crippen LogP contribution in [0.5, 0.6) is 5.75 Å². The highest BCUT2D eigenvalue weighted by molar-refractivity contribution is 14.1. The minimum atomic E-state index is -0.327. The number of carbonyl (C=O) groups excluding carboxylic acids is 2. The molecule has 0 spiro atoms. The second kappa shape index (κ2) is 6.98. The van der Waals surface area contributed by atoms with Gasteiger partial charge in [-0.15, -0.1) is 0 Å². The summed E-state index contributed by atoms with van der Waals surface area (Å²) in [6.07, 6.45) is 1.57. The Morgan fingerprint density at radius 1 is 1.21 bits per heavy atom. The van der Waals surface area contributed by atoms with Crippen molar-refractivity contribution in [2.45, 2.75) is 13.5 Å².